The van der Waals surface area contributed by atoms with E-state index < -0.39 is 0 Å². The van der Waals surface area contributed by atoms with E-state index in [1.54, 1.807) is 0 Å². The largest absolute Gasteiger partial charge is 0.347 e. The Balaban J connectivity index is 1.80. The van der Waals surface area contributed by atoms with Gasteiger partial charge in [0.25, 0.3) is 5.56 Å². The number of aromatic amines is 2. The topological polar surface area (TPSA) is 53.6 Å². The minimum atomic E-state index is -0.0701. The van der Waals surface area contributed by atoms with Gasteiger partial charge in [-0.1, -0.05) is 48.0 Å². The van der Waals surface area contributed by atoms with Crippen LogP contribution >= 0.6 is 0 Å². The van der Waals surface area contributed by atoms with Crippen molar-refractivity contribution in [3.63, 3.8) is 0 Å². The fourth-order valence-corrected chi connectivity index (χ4v) is 4.01. The predicted molar refractivity (Wildman–Crippen MR) is 101 cm³/mol. The molecule has 2 aromatic heterocycles. The van der Waals surface area contributed by atoms with E-state index in [0.29, 0.717) is 0 Å². The van der Waals surface area contributed by atoms with E-state index in [4.69, 9.17) is 0 Å². The second-order valence-corrected chi connectivity index (χ2v) is 6.85. The van der Waals surface area contributed by atoms with Crippen LogP contribution in [-0.4, -0.2) is 14.8 Å². The molecule has 4 aromatic rings. The lowest BCUT2D eigenvalue weighted by molar-refractivity contribution is 0.636. The second kappa shape index (κ2) is 5.24. The molecule has 25 heavy (non-hydrogen) atoms. The molecular weight excluding hydrogens is 310 g/mol. The summed E-state index contributed by atoms with van der Waals surface area (Å²) in [4.78, 5) is 12.6. The van der Waals surface area contributed by atoms with Crippen molar-refractivity contribution in [3.8, 4) is 22.4 Å². The lowest BCUT2D eigenvalue weighted by atomic mass is 9.98. The van der Waals surface area contributed by atoms with Gasteiger partial charge in [-0.2, -0.15) is 0 Å². The minimum Gasteiger partial charge on any atom is -0.347 e. The van der Waals surface area contributed by atoms with E-state index >= 15 is 0 Å². The van der Waals surface area contributed by atoms with Crippen molar-refractivity contribution in [2.75, 3.05) is 0 Å². The molecule has 1 aliphatic rings. The third-order valence-electron chi connectivity index (χ3n) is 5.21. The van der Waals surface area contributed by atoms with Gasteiger partial charge in [-0.05, 0) is 25.3 Å². The number of H-pyrrole nitrogens is 2. The molecule has 0 saturated carbocycles. The summed E-state index contributed by atoms with van der Waals surface area (Å²) in [5.41, 5.74) is 7.40. The number of nitrogens with zero attached hydrogens (tertiary/aromatic N) is 1. The summed E-state index contributed by atoms with van der Waals surface area (Å²) in [6.07, 6.45) is 4.40. The van der Waals surface area contributed by atoms with Crippen molar-refractivity contribution in [1.29, 1.82) is 0 Å². The van der Waals surface area contributed by atoms with E-state index in [2.05, 4.69) is 70.3 Å². The van der Waals surface area contributed by atoms with Crippen molar-refractivity contribution < 1.29 is 0 Å². The molecule has 4 nitrogen and oxygen atoms in total. The van der Waals surface area contributed by atoms with Crippen molar-refractivity contribution in [2.45, 2.75) is 26.3 Å². The maximum atomic E-state index is 12.6. The van der Waals surface area contributed by atoms with Gasteiger partial charge in [0.15, 0.2) is 0 Å². The zero-order chi connectivity index (χ0) is 17.0. The molecule has 0 radical (unpaired) electrons. The quantitative estimate of drug-likeness (QED) is 0.567. The predicted octanol–water partition coefficient (Wildman–Crippen LogP) is 4.25. The lowest BCUT2D eigenvalue weighted by Gasteiger charge is -2.14. The summed E-state index contributed by atoms with van der Waals surface area (Å²) in [6, 6.07) is 14.7. The number of nitrogens with one attached hydrogen (secondary N) is 2. The van der Waals surface area contributed by atoms with Gasteiger partial charge >= 0.3 is 0 Å². The molecule has 0 unspecified atom stereocenters. The number of para-hydroxylation sites is 1. The van der Waals surface area contributed by atoms with Gasteiger partial charge < -0.3 is 4.57 Å². The van der Waals surface area contributed by atoms with Crippen LogP contribution in [0.2, 0.25) is 0 Å². The van der Waals surface area contributed by atoms with Crippen molar-refractivity contribution >= 4 is 10.9 Å². The Bertz CT molecular complexity index is 1140. The molecule has 0 saturated heterocycles. The number of hydrogen-bond acceptors (Lipinski definition) is 1. The molecule has 0 aliphatic carbocycles. The molecule has 0 fully saturated rings. The fourth-order valence-electron chi connectivity index (χ4n) is 4.01. The summed E-state index contributed by atoms with van der Waals surface area (Å²) in [5, 5.41) is 7.03. The first-order valence-corrected chi connectivity index (χ1v) is 8.71. The highest BCUT2D eigenvalue weighted by atomic mass is 16.1. The smallest absolute Gasteiger partial charge is 0.272 e. The van der Waals surface area contributed by atoms with E-state index in [0.717, 1.165) is 47.2 Å². The lowest BCUT2D eigenvalue weighted by Crippen LogP contribution is -2.05. The van der Waals surface area contributed by atoms with Gasteiger partial charge in [-0.25, -0.2) is 0 Å². The van der Waals surface area contributed by atoms with Crippen LogP contribution in [0.15, 0.2) is 53.5 Å². The highest BCUT2D eigenvalue weighted by molar-refractivity contribution is 6.00. The first-order valence-electron chi connectivity index (χ1n) is 8.71. The van der Waals surface area contributed by atoms with E-state index in [1.165, 1.54) is 16.6 Å². The average molecular weight is 329 g/mol. The molecule has 124 valence electrons. The highest BCUT2D eigenvalue weighted by Gasteiger charge is 2.21. The van der Waals surface area contributed by atoms with Gasteiger partial charge in [-0.15, -0.1) is 0 Å². The van der Waals surface area contributed by atoms with Gasteiger partial charge in [0.05, 0.1) is 16.8 Å². The van der Waals surface area contributed by atoms with E-state index in [1.807, 2.05) is 0 Å². The Morgan fingerprint density at radius 2 is 1.88 bits per heavy atom. The average Bonchev–Trinajstić information content (AvgIpc) is 3.18. The Kier molecular flexibility index (Phi) is 3.01. The molecule has 2 aromatic carbocycles. The van der Waals surface area contributed by atoms with Gasteiger partial charge in [-0.3, -0.25) is 15.0 Å². The maximum absolute atomic E-state index is 12.6. The third kappa shape index (κ3) is 2.10. The standard InChI is InChI=1S/C21H19N3O/c1-13-7-9-14(10-8-13)19-18(21(25)23-22-19)17-12-24-11-3-5-15-4-2-6-16(17)20(15)24/h2,4,6-10,12H,3,5,11H2,1H3,(H2,22,23,25). The number of hydrogen-bond donors (Lipinski definition) is 2. The van der Waals surface area contributed by atoms with Gasteiger partial charge in [0, 0.05) is 29.3 Å². The molecule has 1 aliphatic heterocycles. The van der Waals surface area contributed by atoms with Crippen LogP contribution in [-0.2, 0) is 13.0 Å². The molecule has 2 N–H and O–H groups in total. The number of aromatic nitrogens is 3. The summed E-state index contributed by atoms with van der Waals surface area (Å²) < 4.78 is 2.30. The van der Waals surface area contributed by atoms with Crippen LogP contribution in [0.3, 0.4) is 0 Å². The monoisotopic (exact) mass is 329 g/mol. The van der Waals surface area contributed by atoms with Crippen LogP contribution in [0.4, 0.5) is 0 Å². The SMILES string of the molecule is Cc1ccc(-c2[nH][nH]c(=O)c2-c2cn3c4c(cccc24)CCC3)cc1. The van der Waals surface area contributed by atoms with Crippen LogP contribution in [0.5, 0.6) is 0 Å². The van der Waals surface area contributed by atoms with Crippen LogP contribution < -0.4 is 5.56 Å². The Morgan fingerprint density at radius 1 is 1.04 bits per heavy atom. The van der Waals surface area contributed by atoms with Gasteiger partial charge in [0.2, 0.25) is 0 Å². The van der Waals surface area contributed by atoms with Crippen molar-refractivity contribution in [1.82, 2.24) is 14.8 Å². The molecule has 0 amide bonds. The van der Waals surface area contributed by atoms with Crippen LogP contribution in [0.1, 0.15) is 17.5 Å². The number of aryl methyl sites for hydroxylation is 3. The Labute approximate surface area is 145 Å². The van der Waals surface area contributed by atoms with Crippen molar-refractivity contribution in [2.24, 2.45) is 0 Å². The molecule has 0 spiro atoms. The fraction of sp³-hybridized carbons (Fsp3) is 0.190. The molecule has 0 bridgehead atoms. The molecule has 3 heterocycles. The van der Waals surface area contributed by atoms with Crippen molar-refractivity contribution in [3.05, 3.63) is 70.1 Å². The molecule has 4 heteroatoms. The minimum absolute atomic E-state index is 0.0701. The Morgan fingerprint density at radius 3 is 2.72 bits per heavy atom. The highest BCUT2D eigenvalue weighted by Crippen LogP contribution is 2.37. The third-order valence-corrected chi connectivity index (χ3v) is 5.21. The Hall–Kier alpha value is -3.01. The summed E-state index contributed by atoms with van der Waals surface area (Å²) in [5.74, 6) is 0. The molecule has 0 atom stereocenters. The normalized spacial score (nSPS) is 13.5. The second-order valence-electron chi connectivity index (χ2n) is 6.85. The summed E-state index contributed by atoms with van der Waals surface area (Å²) in [6.45, 7) is 3.07. The summed E-state index contributed by atoms with van der Waals surface area (Å²) in [7, 11) is 0. The first kappa shape index (κ1) is 14.3. The zero-order valence-corrected chi connectivity index (χ0v) is 14.1. The maximum Gasteiger partial charge on any atom is 0.272 e. The number of rotatable bonds is 2. The zero-order valence-electron chi connectivity index (χ0n) is 14.1. The molecule has 5 rings (SSSR count). The summed E-state index contributed by atoms with van der Waals surface area (Å²) >= 11 is 0. The van der Waals surface area contributed by atoms with Gasteiger partial charge in [0.1, 0.15) is 0 Å². The molecular formula is C21H19N3O. The van der Waals surface area contributed by atoms with Crippen LogP contribution in [0, 0.1) is 6.92 Å². The number of benzene rings is 2. The van der Waals surface area contributed by atoms with E-state index in [-0.39, 0.29) is 5.56 Å². The van der Waals surface area contributed by atoms with E-state index in [9.17, 15) is 4.79 Å². The van der Waals surface area contributed by atoms with Crippen LogP contribution in [0.25, 0.3) is 33.3 Å². The first-order chi connectivity index (χ1) is 12.2.